The van der Waals surface area contributed by atoms with Gasteiger partial charge < -0.3 is 10.4 Å². The SMILES string of the molecule is CC12CC3CC(C)(C1)CC(CC(=O)NC(C)(C)CO)(C3)C2. The molecule has 4 fully saturated rings. The molecule has 0 saturated heterocycles. The summed E-state index contributed by atoms with van der Waals surface area (Å²) in [5.74, 6) is 0.957. The number of nitrogens with one attached hydrogen (secondary N) is 1. The van der Waals surface area contributed by atoms with Crippen LogP contribution in [0.25, 0.3) is 0 Å². The number of carbonyl (C=O) groups excluding carboxylic acids is 1. The Morgan fingerprint density at radius 3 is 2.19 bits per heavy atom. The molecule has 0 aliphatic heterocycles. The molecule has 4 bridgehead atoms. The van der Waals surface area contributed by atoms with E-state index in [1.165, 1.54) is 38.5 Å². The molecular weight excluding hydrogens is 262 g/mol. The van der Waals surface area contributed by atoms with Crippen LogP contribution in [-0.2, 0) is 4.79 Å². The minimum absolute atomic E-state index is 0.0101. The first-order chi connectivity index (χ1) is 9.57. The van der Waals surface area contributed by atoms with Gasteiger partial charge in [0.1, 0.15) is 0 Å². The van der Waals surface area contributed by atoms with E-state index in [-0.39, 0.29) is 17.9 Å². The summed E-state index contributed by atoms with van der Waals surface area (Å²) in [5.41, 5.74) is 0.633. The molecule has 4 aliphatic carbocycles. The summed E-state index contributed by atoms with van der Waals surface area (Å²) in [6, 6.07) is 0. The van der Waals surface area contributed by atoms with Crippen LogP contribution in [0, 0.1) is 22.2 Å². The van der Waals surface area contributed by atoms with Crippen molar-refractivity contribution in [3.8, 4) is 0 Å². The van der Waals surface area contributed by atoms with E-state index < -0.39 is 5.54 Å². The third kappa shape index (κ3) is 2.86. The summed E-state index contributed by atoms with van der Waals surface area (Å²) >= 11 is 0. The van der Waals surface area contributed by atoms with E-state index in [0.717, 1.165) is 5.92 Å². The number of amides is 1. The molecule has 2 atom stereocenters. The predicted octanol–water partition coefficient (Wildman–Crippen LogP) is 3.26. The van der Waals surface area contributed by atoms with Crippen molar-refractivity contribution in [2.24, 2.45) is 22.2 Å². The monoisotopic (exact) mass is 293 g/mol. The average Bonchev–Trinajstić information content (AvgIpc) is 2.21. The lowest BCUT2D eigenvalue weighted by atomic mass is 9.40. The number of hydrogen-bond acceptors (Lipinski definition) is 2. The zero-order chi connectivity index (χ0) is 15.5. The molecule has 0 radical (unpaired) electrons. The number of hydrogen-bond donors (Lipinski definition) is 2. The third-order valence-corrected chi connectivity index (χ3v) is 6.15. The normalized spacial score (nSPS) is 44.9. The van der Waals surface area contributed by atoms with Gasteiger partial charge in [0.25, 0.3) is 0 Å². The Labute approximate surface area is 128 Å². The van der Waals surface area contributed by atoms with Crippen LogP contribution < -0.4 is 5.32 Å². The number of carbonyl (C=O) groups is 1. The van der Waals surface area contributed by atoms with Crippen LogP contribution in [-0.4, -0.2) is 23.2 Å². The summed E-state index contributed by atoms with van der Waals surface area (Å²) in [6.07, 6.45) is 8.42. The van der Waals surface area contributed by atoms with Gasteiger partial charge in [-0.15, -0.1) is 0 Å². The Bertz CT molecular complexity index is 438. The first-order valence-corrected chi connectivity index (χ1v) is 8.49. The molecule has 2 unspecified atom stereocenters. The molecule has 4 rings (SSSR count). The Morgan fingerprint density at radius 2 is 1.71 bits per heavy atom. The number of aliphatic hydroxyl groups is 1. The van der Waals surface area contributed by atoms with Crippen molar-refractivity contribution in [2.45, 2.75) is 78.2 Å². The predicted molar refractivity (Wildman–Crippen MR) is 83.8 cm³/mol. The van der Waals surface area contributed by atoms with E-state index in [0.29, 0.717) is 17.3 Å². The van der Waals surface area contributed by atoms with Crippen LogP contribution in [0.2, 0.25) is 0 Å². The van der Waals surface area contributed by atoms with Crippen molar-refractivity contribution in [3.63, 3.8) is 0 Å². The zero-order valence-corrected chi connectivity index (χ0v) is 14.1. The lowest BCUT2D eigenvalue weighted by molar-refractivity contribution is -0.156. The molecule has 120 valence electrons. The van der Waals surface area contributed by atoms with Crippen molar-refractivity contribution < 1.29 is 9.90 Å². The molecule has 0 heterocycles. The molecule has 1 amide bonds. The molecule has 0 aromatic heterocycles. The van der Waals surface area contributed by atoms with Crippen molar-refractivity contribution in [2.75, 3.05) is 6.61 Å². The fourth-order valence-electron chi connectivity index (χ4n) is 6.68. The van der Waals surface area contributed by atoms with Crippen LogP contribution in [0.5, 0.6) is 0 Å². The van der Waals surface area contributed by atoms with Gasteiger partial charge in [0.2, 0.25) is 5.91 Å². The highest BCUT2D eigenvalue weighted by atomic mass is 16.3. The van der Waals surface area contributed by atoms with E-state index in [9.17, 15) is 9.90 Å². The Morgan fingerprint density at radius 1 is 1.14 bits per heavy atom. The third-order valence-electron chi connectivity index (χ3n) is 6.15. The fourth-order valence-corrected chi connectivity index (χ4v) is 6.68. The van der Waals surface area contributed by atoms with Crippen LogP contribution in [0.1, 0.15) is 72.6 Å². The topological polar surface area (TPSA) is 49.3 Å². The van der Waals surface area contributed by atoms with Gasteiger partial charge in [-0.05, 0) is 74.5 Å². The molecule has 0 spiro atoms. The quantitative estimate of drug-likeness (QED) is 0.836. The van der Waals surface area contributed by atoms with Crippen molar-refractivity contribution in [3.05, 3.63) is 0 Å². The van der Waals surface area contributed by atoms with Gasteiger partial charge in [-0.25, -0.2) is 0 Å². The standard InChI is InChI=1S/C18H31NO2/c1-15(2,12-20)19-14(21)8-18-7-13-5-16(3,10-18)9-17(4,6-13)11-18/h13,20H,5-12H2,1-4H3,(H,19,21). The maximum atomic E-state index is 12.5. The van der Waals surface area contributed by atoms with E-state index in [1.54, 1.807) is 0 Å². The summed E-state index contributed by atoms with van der Waals surface area (Å²) < 4.78 is 0. The van der Waals surface area contributed by atoms with Crippen LogP contribution in [0.4, 0.5) is 0 Å². The highest BCUT2D eigenvalue weighted by Gasteiger charge is 2.60. The summed E-state index contributed by atoms with van der Waals surface area (Å²) in [4.78, 5) is 12.5. The summed E-state index contributed by atoms with van der Waals surface area (Å²) in [7, 11) is 0. The minimum atomic E-state index is -0.507. The Hall–Kier alpha value is -0.570. The van der Waals surface area contributed by atoms with E-state index in [2.05, 4.69) is 19.2 Å². The maximum Gasteiger partial charge on any atom is 0.221 e. The molecule has 0 aromatic carbocycles. The van der Waals surface area contributed by atoms with E-state index >= 15 is 0 Å². The summed E-state index contributed by atoms with van der Waals surface area (Å²) in [5, 5.41) is 12.4. The number of aliphatic hydroxyl groups excluding tert-OH is 1. The smallest absolute Gasteiger partial charge is 0.221 e. The molecule has 4 saturated carbocycles. The molecule has 3 heteroatoms. The van der Waals surface area contributed by atoms with Crippen LogP contribution in [0.15, 0.2) is 0 Å². The average molecular weight is 293 g/mol. The van der Waals surface area contributed by atoms with Crippen LogP contribution in [0.3, 0.4) is 0 Å². The first kappa shape index (κ1) is 15.3. The largest absolute Gasteiger partial charge is 0.394 e. The lowest BCUT2D eigenvalue weighted by Gasteiger charge is -2.65. The zero-order valence-electron chi connectivity index (χ0n) is 14.1. The molecular formula is C18H31NO2. The second-order valence-corrected chi connectivity index (χ2v) is 9.90. The summed E-state index contributed by atoms with van der Waals surface area (Å²) in [6.45, 7) is 8.64. The minimum Gasteiger partial charge on any atom is -0.394 e. The molecule has 3 nitrogen and oxygen atoms in total. The Balaban J connectivity index is 1.75. The van der Waals surface area contributed by atoms with Gasteiger partial charge in [0, 0.05) is 6.42 Å². The van der Waals surface area contributed by atoms with E-state index in [4.69, 9.17) is 0 Å². The van der Waals surface area contributed by atoms with Crippen molar-refractivity contribution >= 4 is 5.91 Å². The molecule has 21 heavy (non-hydrogen) atoms. The van der Waals surface area contributed by atoms with Gasteiger partial charge in [-0.3, -0.25) is 4.79 Å². The molecule has 0 aromatic rings. The first-order valence-electron chi connectivity index (χ1n) is 8.49. The lowest BCUT2D eigenvalue weighted by Crippen LogP contribution is -2.57. The van der Waals surface area contributed by atoms with Gasteiger partial charge in [0.15, 0.2) is 0 Å². The van der Waals surface area contributed by atoms with Gasteiger partial charge >= 0.3 is 0 Å². The molecule has 4 aliphatic rings. The Kier molecular flexibility index (Phi) is 3.26. The highest BCUT2D eigenvalue weighted by Crippen LogP contribution is 2.70. The molecule has 2 N–H and O–H groups in total. The van der Waals surface area contributed by atoms with Gasteiger partial charge in [-0.1, -0.05) is 13.8 Å². The van der Waals surface area contributed by atoms with Gasteiger partial charge in [0.05, 0.1) is 12.1 Å². The number of rotatable bonds is 4. The van der Waals surface area contributed by atoms with E-state index in [1.807, 2.05) is 13.8 Å². The fraction of sp³-hybridized carbons (Fsp3) is 0.944. The van der Waals surface area contributed by atoms with Crippen molar-refractivity contribution in [1.82, 2.24) is 5.32 Å². The highest BCUT2D eigenvalue weighted by molar-refractivity contribution is 5.77. The second-order valence-electron chi connectivity index (χ2n) is 9.90. The second kappa shape index (κ2) is 4.47. The van der Waals surface area contributed by atoms with Crippen LogP contribution >= 0.6 is 0 Å². The van der Waals surface area contributed by atoms with Gasteiger partial charge in [-0.2, -0.15) is 0 Å². The maximum absolute atomic E-state index is 12.5. The van der Waals surface area contributed by atoms with Crippen molar-refractivity contribution in [1.29, 1.82) is 0 Å².